The fourth-order valence-electron chi connectivity index (χ4n) is 2.98. The van der Waals surface area contributed by atoms with Gasteiger partial charge >= 0.3 is 0 Å². The summed E-state index contributed by atoms with van der Waals surface area (Å²) in [6.45, 7) is 2.36. The van der Waals surface area contributed by atoms with E-state index in [9.17, 15) is 14.9 Å². The van der Waals surface area contributed by atoms with Crippen molar-refractivity contribution in [1.29, 1.82) is 0 Å². The minimum atomic E-state index is -0.468. The van der Waals surface area contributed by atoms with Gasteiger partial charge in [-0.1, -0.05) is 0 Å². The van der Waals surface area contributed by atoms with Gasteiger partial charge in [0.2, 0.25) is 5.91 Å². The van der Waals surface area contributed by atoms with E-state index in [2.05, 4.69) is 15.6 Å². The van der Waals surface area contributed by atoms with Crippen molar-refractivity contribution in [1.82, 2.24) is 15.2 Å². The zero-order valence-electron chi connectivity index (χ0n) is 14.1. The molecule has 8 nitrogen and oxygen atoms in total. The third kappa shape index (κ3) is 6.15. The largest absolute Gasteiger partial charge is 0.365 e. The number of thioether (sulfide) groups is 1. The molecule has 26 heavy (non-hydrogen) atoms. The molecule has 1 amide bonds. The molecule has 3 heterocycles. The molecule has 11 heteroatoms. The average Bonchev–Trinajstić information content (AvgIpc) is 3.05. The van der Waals surface area contributed by atoms with E-state index in [-0.39, 0.29) is 48.5 Å². The van der Waals surface area contributed by atoms with Gasteiger partial charge in [-0.05, 0) is 12.5 Å². The average molecular weight is 424 g/mol. The second kappa shape index (κ2) is 10.8. The van der Waals surface area contributed by atoms with Crippen LogP contribution < -0.4 is 10.6 Å². The maximum absolute atomic E-state index is 12.4. The van der Waals surface area contributed by atoms with Crippen LogP contribution in [0.25, 0.3) is 0 Å². The normalized spacial score (nSPS) is 22.1. The summed E-state index contributed by atoms with van der Waals surface area (Å²) in [5.74, 6) is 2.90. The number of carbonyl (C=O) groups is 1. The molecule has 2 aliphatic rings. The molecule has 2 aliphatic heterocycles. The fourth-order valence-corrected chi connectivity index (χ4v) is 3.93. The van der Waals surface area contributed by atoms with Crippen molar-refractivity contribution in [3.8, 4) is 0 Å². The quantitative estimate of drug-likeness (QED) is 0.550. The van der Waals surface area contributed by atoms with Crippen molar-refractivity contribution in [3.05, 3.63) is 28.4 Å². The fraction of sp³-hybridized carbons (Fsp3) is 0.600. The minimum Gasteiger partial charge on any atom is -0.365 e. The van der Waals surface area contributed by atoms with E-state index in [1.165, 1.54) is 12.3 Å². The van der Waals surface area contributed by atoms with Gasteiger partial charge in [0.05, 0.1) is 4.92 Å². The first kappa shape index (κ1) is 22.8. The van der Waals surface area contributed by atoms with Gasteiger partial charge in [-0.2, -0.15) is 11.8 Å². The van der Waals surface area contributed by atoms with Gasteiger partial charge in [0, 0.05) is 55.7 Å². The molecule has 2 fully saturated rings. The number of rotatable bonds is 5. The molecule has 0 spiro atoms. The smallest absolute Gasteiger partial charge is 0.287 e. The lowest BCUT2D eigenvalue weighted by molar-refractivity contribution is -0.385. The molecule has 1 aromatic heterocycles. The number of likely N-dealkylation sites (tertiary alicyclic amines) is 1. The summed E-state index contributed by atoms with van der Waals surface area (Å²) in [5, 5.41) is 17.3. The van der Waals surface area contributed by atoms with Gasteiger partial charge < -0.3 is 15.5 Å². The number of nitro groups is 1. The second-order valence-corrected chi connectivity index (χ2v) is 7.21. The number of amides is 1. The molecule has 2 atom stereocenters. The first-order valence-corrected chi connectivity index (χ1v) is 9.23. The summed E-state index contributed by atoms with van der Waals surface area (Å²) < 4.78 is 0. The molecular formula is C15H23Cl2N5O3S. The van der Waals surface area contributed by atoms with Crippen LogP contribution in [0, 0.1) is 10.1 Å². The molecule has 0 aliphatic carbocycles. The number of carbonyl (C=O) groups excluding carboxylic acids is 1. The molecule has 2 N–H and O–H groups in total. The highest BCUT2D eigenvalue weighted by molar-refractivity contribution is 7.99. The third-order valence-corrected chi connectivity index (χ3v) is 5.40. The molecule has 0 aromatic carbocycles. The molecule has 2 saturated heterocycles. The van der Waals surface area contributed by atoms with Gasteiger partial charge in [-0.15, -0.1) is 24.8 Å². The monoisotopic (exact) mass is 423 g/mol. The van der Waals surface area contributed by atoms with E-state index >= 15 is 0 Å². The van der Waals surface area contributed by atoms with Crippen LogP contribution in [-0.4, -0.2) is 63.9 Å². The Morgan fingerprint density at radius 1 is 1.46 bits per heavy atom. The molecule has 0 saturated carbocycles. The van der Waals surface area contributed by atoms with E-state index in [0.717, 1.165) is 31.0 Å². The van der Waals surface area contributed by atoms with E-state index in [0.29, 0.717) is 18.8 Å². The Kier molecular flexibility index (Phi) is 9.42. The van der Waals surface area contributed by atoms with Crippen molar-refractivity contribution in [2.24, 2.45) is 0 Å². The molecule has 1 aromatic rings. The number of nitrogens with zero attached hydrogens (tertiary/aromatic N) is 3. The highest BCUT2D eigenvalue weighted by atomic mass is 35.5. The molecule has 3 rings (SSSR count). The van der Waals surface area contributed by atoms with Crippen molar-refractivity contribution < 1.29 is 9.72 Å². The molecule has 2 unspecified atom stereocenters. The number of hydrogen-bond donors (Lipinski definition) is 2. The van der Waals surface area contributed by atoms with Gasteiger partial charge in [0.25, 0.3) is 5.69 Å². The van der Waals surface area contributed by atoms with Crippen LogP contribution >= 0.6 is 36.6 Å². The lowest BCUT2D eigenvalue weighted by atomic mass is 10.2. The Bertz CT molecular complexity index is 601. The highest BCUT2D eigenvalue weighted by Crippen LogP contribution is 2.18. The van der Waals surface area contributed by atoms with Crippen molar-refractivity contribution >= 4 is 54.0 Å². The van der Waals surface area contributed by atoms with Crippen LogP contribution in [-0.2, 0) is 4.79 Å². The number of nitrogens with one attached hydrogen (secondary N) is 2. The van der Waals surface area contributed by atoms with Crippen LogP contribution in [0.3, 0.4) is 0 Å². The highest BCUT2D eigenvalue weighted by Gasteiger charge is 2.28. The molecule has 0 radical (unpaired) electrons. The minimum absolute atomic E-state index is 0. The molecule has 146 valence electrons. The summed E-state index contributed by atoms with van der Waals surface area (Å²) >= 11 is 1.89. The predicted molar refractivity (Wildman–Crippen MR) is 108 cm³/mol. The zero-order valence-corrected chi connectivity index (χ0v) is 16.6. The van der Waals surface area contributed by atoms with Crippen molar-refractivity contribution in [2.75, 3.05) is 36.5 Å². The van der Waals surface area contributed by atoms with Crippen molar-refractivity contribution in [3.63, 3.8) is 0 Å². The maximum Gasteiger partial charge on any atom is 0.287 e. The summed E-state index contributed by atoms with van der Waals surface area (Å²) in [5.41, 5.74) is -0.0263. The first-order valence-electron chi connectivity index (χ1n) is 8.07. The van der Waals surface area contributed by atoms with Gasteiger partial charge in [-0.25, -0.2) is 4.98 Å². The Hall–Kier alpha value is -1.29. The van der Waals surface area contributed by atoms with E-state index in [1.807, 2.05) is 16.7 Å². The Labute approximate surface area is 168 Å². The summed E-state index contributed by atoms with van der Waals surface area (Å²) in [7, 11) is 0. The van der Waals surface area contributed by atoms with Crippen LogP contribution in [0.5, 0.6) is 0 Å². The number of halogens is 2. The summed E-state index contributed by atoms with van der Waals surface area (Å²) in [4.78, 5) is 28.5. The number of pyridine rings is 1. The zero-order chi connectivity index (χ0) is 16.9. The summed E-state index contributed by atoms with van der Waals surface area (Å²) in [6.07, 6.45) is 2.65. The van der Waals surface area contributed by atoms with Crippen LogP contribution in [0.15, 0.2) is 18.3 Å². The topological polar surface area (TPSA) is 100 Å². The van der Waals surface area contributed by atoms with Crippen LogP contribution in [0.1, 0.15) is 12.8 Å². The lowest BCUT2D eigenvalue weighted by Gasteiger charge is -2.25. The van der Waals surface area contributed by atoms with Gasteiger partial charge in [0.1, 0.15) is 12.0 Å². The van der Waals surface area contributed by atoms with E-state index < -0.39 is 4.92 Å². The Morgan fingerprint density at radius 2 is 2.27 bits per heavy atom. The Morgan fingerprint density at radius 3 is 2.88 bits per heavy atom. The third-order valence-electron chi connectivity index (χ3n) is 4.27. The standard InChI is InChI=1S/C15H21N5O3S.2ClH/c21-15(7-12-10-24-6-4-16-12)19-5-3-11(9-19)18-14-2-1-13(8-17-14)20(22)23;;/h1-2,8,11-12,16H,3-7,9-10H2,(H,17,18);2*1H. The summed E-state index contributed by atoms with van der Waals surface area (Å²) in [6, 6.07) is 3.45. The number of anilines is 1. The predicted octanol–water partition coefficient (Wildman–Crippen LogP) is 1.94. The SMILES string of the molecule is Cl.Cl.O=C(CC1CSCCN1)N1CCC(Nc2ccc([N+](=O)[O-])cn2)C1. The first-order chi connectivity index (χ1) is 11.6. The molecular weight excluding hydrogens is 401 g/mol. The van der Waals surface area contributed by atoms with Gasteiger partial charge in [0.15, 0.2) is 0 Å². The maximum atomic E-state index is 12.4. The van der Waals surface area contributed by atoms with Gasteiger partial charge in [-0.3, -0.25) is 14.9 Å². The van der Waals surface area contributed by atoms with E-state index in [4.69, 9.17) is 0 Å². The Balaban J connectivity index is 0.00000169. The number of aromatic nitrogens is 1. The van der Waals surface area contributed by atoms with Crippen LogP contribution in [0.2, 0.25) is 0 Å². The molecule has 0 bridgehead atoms. The second-order valence-electron chi connectivity index (χ2n) is 6.06. The number of hydrogen-bond acceptors (Lipinski definition) is 7. The van der Waals surface area contributed by atoms with Crippen LogP contribution in [0.4, 0.5) is 11.5 Å². The van der Waals surface area contributed by atoms with Crippen molar-refractivity contribution in [2.45, 2.75) is 24.9 Å². The van der Waals surface area contributed by atoms with E-state index in [1.54, 1.807) is 6.07 Å². The lowest BCUT2D eigenvalue weighted by Crippen LogP contribution is -2.42.